The van der Waals surface area contributed by atoms with Crippen LogP contribution in [-0.2, 0) is 4.79 Å². The standard InChI is InChI=1S/C15H21BrN2O/c1-11-7-9-18(10-8-11)12(2)15(19)17-14-5-3-13(16)4-6-14/h3-6,11-12H,7-10H2,1-2H3,(H,17,19)/p+1/t12-/m1/s1. The number of nitrogens with one attached hydrogen (secondary N) is 2. The quantitative estimate of drug-likeness (QED) is 0.876. The number of benzene rings is 1. The zero-order valence-electron chi connectivity index (χ0n) is 11.6. The first-order valence-corrected chi connectivity index (χ1v) is 7.76. The molecule has 0 aliphatic carbocycles. The molecule has 104 valence electrons. The van der Waals surface area contributed by atoms with Crippen LogP contribution < -0.4 is 10.2 Å². The highest BCUT2D eigenvalue weighted by atomic mass is 79.9. The molecule has 0 saturated carbocycles. The van der Waals surface area contributed by atoms with Gasteiger partial charge >= 0.3 is 0 Å². The summed E-state index contributed by atoms with van der Waals surface area (Å²) in [6.45, 7) is 6.54. The van der Waals surface area contributed by atoms with Crippen molar-refractivity contribution in [3.05, 3.63) is 28.7 Å². The number of piperidine rings is 1. The van der Waals surface area contributed by atoms with Gasteiger partial charge in [-0.2, -0.15) is 0 Å². The molecule has 0 spiro atoms. The predicted octanol–water partition coefficient (Wildman–Crippen LogP) is 2.09. The minimum atomic E-state index is 0.0242. The second-order valence-corrected chi connectivity index (χ2v) is 6.47. The molecule has 0 bridgehead atoms. The molecule has 1 atom stereocenters. The van der Waals surface area contributed by atoms with E-state index in [2.05, 4.69) is 28.2 Å². The molecule has 2 rings (SSSR count). The second-order valence-electron chi connectivity index (χ2n) is 5.56. The van der Waals surface area contributed by atoms with Gasteiger partial charge in [-0.25, -0.2) is 0 Å². The fourth-order valence-electron chi connectivity index (χ4n) is 2.54. The summed E-state index contributed by atoms with van der Waals surface area (Å²) in [5.41, 5.74) is 0.866. The van der Waals surface area contributed by atoms with Gasteiger partial charge in [0, 0.05) is 10.2 Å². The summed E-state index contributed by atoms with van der Waals surface area (Å²) >= 11 is 3.39. The van der Waals surface area contributed by atoms with E-state index < -0.39 is 0 Å². The Balaban J connectivity index is 1.90. The van der Waals surface area contributed by atoms with Crippen LogP contribution in [0.5, 0.6) is 0 Å². The predicted molar refractivity (Wildman–Crippen MR) is 81.3 cm³/mol. The van der Waals surface area contributed by atoms with Crippen molar-refractivity contribution in [2.75, 3.05) is 18.4 Å². The van der Waals surface area contributed by atoms with Crippen LogP contribution in [0.1, 0.15) is 26.7 Å². The lowest BCUT2D eigenvalue weighted by molar-refractivity contribution is -0.919. The lowest BCUT2D eigenvalue weighted by Gasteiger charge is -2.31. The van der Waals surface area contributed by atoms with Crippen molar-refractivity contribution in [3.63, 3.8) is 0 Å². The van der Waals surface area contributed by atoms with Crippen molar-refractivity contribution in [1.82, 2.24) is 0 Å². The third-order valence-electron chi connectivity index (χ3n) is 4.03. The summed E-state index contributed by atoms with van der Waals surface area (Å²) in [6, 6.07) is 7.74. The van der Waals surface area contributed by atoms with Crippen LogP contribution in [0.2, 0.25) is 0 Å². The lowest BCUT2D eigenvalue weighted by atomic mass is 9.98. The zero-order valence-corrected chi connectivity index (χ0v) is 13.2. The molecule has 1 amide bonds. The summed E-state index contributed by atoms with van der Waals surface area (Å²) in [6.07, 6.45) is 2.45. The zero-order chi connectivity index (χ0) is 13.8. The first-order chi connectivity index (χ1) is 9.06. The number of amides is 1. The highest BCUT2D eigenvalue weighted by Gasteiger charge is 2.28. The van der Waals surface area contributed by atoms with Crippen molar-refractivity contribution in [1.29, 1.82) is 0 Å². The monoisotopic (exact) mass is 325 g/mol. The van der Waals surface area contributed by atoms with Gasteiger partial charge in [0.15, 0.2) is 6.04 Å². The van der Waals surface area contributed by atoms with Crippen molar-refractivity contribution in [2.45, 2.75) is 32.7 Å². The van der Waals surface area contributed by atoms with Crippen molar-refractivity contribution < 1.29 is 9.69 Å². The number of quaternary nitrogens is 1. The number of halogens is 1. The molecule has 19 heavy (non-hydrogen) atoms. The van der Waals surface area contributed by atoms with E-state index in [-0.39, 0.29) is 11.9 Å². The fourth-order valence-corrected chi connectivity index (χ4v) is 2.80. The van der Waals surface area contributed by atoms with Gasteiger partial charge in [-0.1, -0.05) is 22.9 Å². The smallest absolute Gasteiger partial charge is 0.282 e. The average molecular weight is 326 g/mol. The van der Waals surface area contributed by atoms with Gasteiger partial charge < -0.3 is 10.2 Å². The maximum absolute atomic E-state index is 12.2. The molecule has 0 aromatic heterocycles. The van der Waals surface area contributed by atoms with Gasteiger partial charge in [-0.05, 0) is 49.9 Å². The number of rotatable bonds is 3. The Labute approximate surface area is 123 Å². The molecule has 1 heterocycles. The Morgan fingerprint density at radius 2 is 1.89 bits per heavy atom. The molecule has 1 saturated heterocycles. The highest BCUT2D eigenvalue weighted by molar-refractivity contribution is 9.10. The number of anilines is 1. The van der Waals surface area contributed by atoms with Gasteiger partial charge in [0.2, 0.25) is 0 Å². The van der Waals surface area contributed by atoms with Gasteiger partial charge in [-0.15, -0.1) is 0 Å². The molecule has 0 radical (unpaired) electrons. The molecule has 1 aliphatic heterocycles. The van der Waals surface area contributed by atoms with Crippen LogP contribution in [0.15, 0.2) is 28.7 Å². The number of carbonyl (C=O) groups excluding carboxylic acids is 1. The summed E-state index contributed by atoms with van der Waals surface area (Å²) < 4.78 is 1.02. The van der Waals surface area contributed by atoms with Gasteiger partial charge in [0.1, 0.15) is 0 Å². The Hall–Kier alpha value is -0.870. The van der Waals surface area contributed by atoms with E-state index in [1.54, 1.807) is 0 Å². The summed E-state index contributed by atoms with van der Waals surface area (Å²) in [5.74, 6) is 0.928. The fraction of sp³-hybridized carbons (Fsp3) is 0.533. The van der Waals surface area contributed by atoms with Crippen LogP contribution in [0.3, 0.4) is 0 Å². The highest BCUT2D eigenvalue weighted by Crippen LogP contribution is 2.14. The average Bonchev–Trinajstić information content (AvgIpc) is 2.41. The molecule has 2 N–H and O–H groups in total. The minimum absolute atomic E-state index is 0.0242. The molecule has 1 aromatic rings. The number of carbonyl (C=O) groups is 1. The topological polar surface area (TPSA) is 33.5 Å². The maximum atomic E-state index is 12.2. The van der Waals surface area contributed by atoms with E-state index in [9.17, 15) is 4.79 Å². The van der Waals surface area contributed by atoms with E-state index in [0.717, 1.165) is 29.2 Å². The Morgan fingerprint density at radius 3 is 2.47 bits per heavy atom. The van der Waals surface area contributed by atoms with Crippen molar-refractivity contribution >= 4 is 27.5 Å². The van der Waals surface area contributed by atoms with Gasteiger partial charge in [0.25, 0.3) is 5.91 Å². The third kappa shape index (κ3) is 4.05. The van der Waals surface area contributed by atoms with E-state index >= 15 is 0 Å². The largest absolute Gasteiger partial charge is 0.325 e. The SMILES string of the molecule is CC1CC[NH+]([C@H](C)C(=O)Nc2ccc(Br)cc2)CC1. The third-order valence-corrected chi connectivity index (χ3v) is 4.56. The van der Waals surface area contributed by atoms with Crippen molar-refractivity contribution in [2.24, 2.45) is 5.92 Å². The molecule has 3 nitrogen and oxygen atoms in total. The summed E-state index contributed by atoms with van der Waals surface area (Å²) in [4.78, 5) is 13.6. The van der Waals surface area contributed by atoms with Crippen LogP contribution in [-0.4, -0.2) is 25.0 Å². The van der Waals surface area contributed by atoms with Gasteiger partial charge in [-0.3, -0.25) is 4.79 Å². The summed E-state index contributed by atoms with van der Waals surface area (Å²) in [5, 5.41) is 3.00. The van der Waals surface area contributed by atoms with Crippen LogP contribution in [0.25, 0.3) is 0 Å². The Kier molecular flexibility index (Phi) is 4.99. The van der Waals surface area contributed by atoms with Crippen LogP contribution in [0.4, 0.5) is 5.69 Å². The molecular formula is C15H22BrN2O+. The molecule has 1 aliphatic rings. The maximum Gasteiger partial charge on any atom is 0.282 e. The second kappa shape index (κ2) is 6.53. The normalized spacial score (nSPS) is 24.8. The van der Waals surface area contributed by atoms with E-state index in [0.29, 0.717) is 0 Å². The lowest BCUT2D eigenvalue weighted by Crippen LogP contribution is -3.17. The Bertz CT molecular complexity index is 424. The first-order valence-electron chi connectivity index (χ1n) is 6.97. The number of hydrogen-bond acceptors (Lipinski definition) is 1. The van der Waals surface area contributed by atoms with Crippen LogP contribution >= 0.6 is 15.9 Å². The van der Waals surface area contributed by atoms with E-state index in [4.69, 9.17) is 0 Å². The number of likely N-dealkylation sites (tertiary alicyclic amines) is 1. The Morgan fingerprint density at radius 1 is 1.32 bits per heavy atom. The van der Waals surface area contributed by atoms with E-state index in [1.165, 1.54) is 17.7 Å². The minimum Gasteiger partial charge on any atom is -0.325 e. The molecule has 4 heteroatoms. The first kappa shape index (κ1) is 14.5. The summed E-state index contributed by atoms with van der Waals surface area (Å²) in [7, 11) is 0. The number of hydrogen-bond donors (Lipinski definition) is 2. The van der Waals surface area contributed by atoms with Crippen LogP contribution in [0, 0.1) is 5.92 Å². The van der Waals surface area contributed by atoms with Crippen molar-refractivity contribution in [3.8, 4) is 0 Å². The molecular weight excluding hydrogens is 304 g/mol. The molecule has 0 unspecified atom stereocenters. The van der Waals surface area contributed by atoms with Gasteiger partial charge in [0.05, 0.1) is 13.1 Å². The van der Waals surface area contributed by atoms with E-state index in [1.807, 2.05) is 31.2 Å². The molecule has 1 aromatic carbocycles. The molecule has 1 fully saturated rings.